The van der Waals surface area contributed by atoms with Crippen LogP contribution in [0.2, 0.25) is 0 Å². The van der Waals surface area contributed by atoms with Crippen molar-refractivity contribution in [1.82, 2.24) is 0 Å². The number of rotatable bonds is 6. The number of hydrogen-bond acceptors (Lipinski definition) is 5. The van der Waals surface area contributed by atoms with E-state index in [0.29, 0.717) is 16.9 Å². The number of nitrogens with zero attached hydrogens (tertiary/aromatic N) is 1. The fourth-order valence-electron chi connectivity index (χ4n) is 1.65. The molecule has 0 N–H and O–H groups in total. The van der Waals surface area contributed by atoms with Crippen LogP contribution in [0, 0.1) is 10.1 Å². The van der Waals surface area contributed by atoms with Crippen LogP contribution in [-0.2, 0) is 21.8 Å². The lowest BCUT2D eigenvalue weighted by molar-refractivity contribution is -0.385. The first-order valence-electron chi connectivity index (χ1n) is 5.59. The van der Waals surface area contributed by atoms with Crippen LogP contribution in [0.4, 0.5) is 5.69 Å². The average Bonchev–Trinajstić information content (AvgIpc) is 2.37. The fourth-order valence-corrected chi connectivity index (χ4v) is 1.96. The van der Waals surface area contributed by atoms with Crippen molar-refractivity contribution in [3.8, 4) is 5.75 Å². The largest absolute Gasteiger partial charge is 0.496 e. The van der Waals surface area contributed by atoms with Gasteiger partial charge in [0, 0.05) is 5.56 Å². The van der Waals surface area contributed by atoms with Crippen molar-refractivity contribution < 1.29 is 19.2 Å². The molecule has 0 aliphatic carbocycles. The summed E-state index contributed by atoms with van der Waals surface area (Å²) < 4.78 is 9.81. The fraction of sp³-hybridized carbons (Fsp3) is 0.417. The third kappa shape index (κ3) is 3.82. The van der Waals surface area contributed by atoms with Crippen molar-refractivity contribution in [2.45, 2.75) is 19.2 Å². The number of methoxy groups -OCH3 is 1. The van der Waals surface area contributed by atoms with Gasteiger partial charge in [0.15, 0.2) is 0 Å². The number of carbonyl (C=O) groups excluding carboxylic acids is 1. The van der Waals surface area contributed by atoms with Gasteiger partial charge in [-0.15, -0.1) is 11.6 Å². The van der Waals surface area contributed by atoms with Crippen LogP contribution < -0.4 is 4.74 Å². The maximum absolute atomic E-state index is 11.5. The summed E-state index contributed by atoms with van der Waals surface area (Å²) in [6, 6.07) is 2.84. The lowest BCUT2D eigenvalue weighted by Gasteiger charge is -2.10. The van der Waals surface area contributed by atoms with Gasteiger partial charge >= 0.3 is 5.97 Å². The van der Waals surface area contributed by atoms with Crippen LogP contribution in [0.5, 0.6) is 5.75 Å². The van der Waals surface area contributed by atoms with Crippen molar-refractivity contribution >= 4 is 23.3 Å². The third-order valence-corrected chi connectivity index (χ3v) is 2.77. The van der Waals surface area contributed by atoms with Crippen molar-refractivity contribution in [2.24, 2.45) is 0 Å². The zero-order valence-corrected chi connectivity index (χ0v) is 11.4. The van der Waals surface area contributed by atoms with E-state index in [1.165, 1.54) is 13.2 Å². The van der Waals surface area contributed by atoms with E-state index < -0.39 is 10.9 Å². The molecule has 19 heavy (non-hydrogen) atoms. The van der Waals surface area contributed by atoms with E-state index in [4.69, 9.17) is 21.1 Å². The molecule has 0 aromatic heterocycles. The molecule has 0 spiro atoms. The number of benzene rings is 1. The van der Waals surface area contributed by atoms with Crippen molar-refractivity contribution in [3.05, 3.63) is 33.4 Å². The summed E-state index contributed by atoms with van der Waals surface area (Å²) >= 11 is 5.74. The Bertz CT molecular complexity index is 489. The van der Waals surface area contributed by atoms with Gasteiger partial charge in [0.1, 0.15) is 5.75 Å². The van der Waals surface area contributed by atoms with Gasteiger partial charge in [0.2, 0.25) is 0 Å². The van der Waals surface area contributed by atoms with E-state index in [1.54, 1.807) is 13.0 Å². The molecule has 0 unspecified atom stereocenters. The Labute approximate surface area is 115 Å². The summed E-state index contributed by atoms with van der Waals surface area (Å²) in [7, 11) is 1.40. The second kappa shape index (κ2) is 6.94. The van der Waals surface area contributed by atoms with Crippen LogP contribution in [0.3, 0.4) is 0 Å². The number of alkyl halides is 1. The first-order valence-corrected chi connectivity index (χ1v) is 6.12. The molecule has 104 valence electrons. The van der Waals surface area contributed by atoms with Crippen LogP contribution >= 0.6 is 11.6 Å². The molecule has 1 aromatic carbocycles. The minimum Gasteiger partial charge on any atom is -0.496 e. The predicted octanol–water partition coefficient (Wildman–Crippen LogP) is 2.45. The number of nitro groups is 1. The highest BCUT2D eigenvalue weighted by atomic mass is 35.5. The van der Waals surface area contributed by atoms with Gasteiger partial charge in [-0.05, 0) is 18.6 Å². The molecule has 0 aliphatic heterocycles. The molecular formula is C12H14ClNO5. The second-order valence-corrected chi connectivity index (χ2v) is 3.92. The molecule has 0 bridgehead atoms. The molecule has 7 heteroatoms. The maximum Gasteiger partial charge on any atom is 0.310 e. The number of halogens is 1. The van der Waals surface area contributed by atoms with Gasteiger partial charge in [-0.2, -0.15) is 0 Å². The Kier molecular flexibility index (Phi) is 5.57. The molecule has 0 aliphatic rings. The van der Waals surface area contributed by atoms with E-state index in [0.717, 1.165) is 0 Å². The summed E-state index contributed by atoms with van der Waals surface area (Å²) in [6.07, 6.45) is -0.0755. The minimum atomic E-state index is -0.547. The lowest BCUT2D eigenvalue weighted by atomic mass is 10.0. The van der Waals surface area contributed by atoms with Gasteiger partial charge in [-0.3, -0.25) is 14.9 Å². The molecule has 0 radical (unpaired) electrons. The zero-order chi connectivity index (χ0) is 14.4. The van der Waals surface area contributed by atoms with E-state index in [2.05, 4.69) is 0 Å². The highest BCUT2D eigenvalue weighted by Crippen LogP contribution is 2.30. The molecular weight excluding hydrogens is 274 g/mol. The third-order valence-electron chi connectivity index (χ3n) is 2.50. The highest BCUT2D eigenvalue weighted by Gasteiger charge is 2.21. The Balaban J connectivity index is 3.23. The predicted molar refractivity (Wildman–Crippen MR) is 69.5 cm³/mol. The molecule has 0 saturated heterocycles. The lowest BCUT2D eigenvalue weighted by Crippen LogP contribution is -2.10. The van der Waals surface area contributed by atoms with Crippen LogP contribution in [0.1, 0.15) is 18.1 Å². The molecule has 1 aromatic rings. The van der Waals surface area contributed by atoms with Crippen LogP contribution in [-0.4, -0.2) is 24.6 Å². The Morgan fingerprint density at radius 1 is 1.47 bits per heavy atom. The minimum absolute atomic E-state index is 0.0605. The van der Waals surface area contributed by atoms with Crippen LogP contribution in [0.25, 0.3) is 0 Å². The van der Waals surface area contributed by atoms with Gasteiger partial charge in [0.05, 0.1) is 37.0 Å². The average molecular weight is 288 g/mol. The van der Waals surface area contributed by atoms with Gasteiger partial charge in [-0.1, -0.05) is 0 Å². The van der Waals surface area contributed by atoms with E-state index in [-0.39, 0.29) is 24.6 Å². The summed E-state index contributed by atoms with van der Waals surface area (Å²) in [6.45, 7) is 1.94. The molecule has 0 fully saturated rings. The number of nitro benzene ring substituents is 1. The van der Waals surface area contributed by atoms with E-state index in [1.807, 2.05) is 0 Å². The summed E-state index contributed by atoms with van der Waals surface area (Å²) in [4.78, 5) is 21.9. The Morgan fingerprint density at radius 2 is 2.16 bits per heavy atom. The number of hydrogen-bond donors (Lipinski definition) is 0. The Morgan fingerprint density at radius 3 is 2.63 bits per heavy atom. The van der Waals surface area contributed by atoms with Crippen LogP contribution in [0.15, 0.2) is 12.1 Å². The standard InChI is InChI=1S/C12H14ClNO5/c1-3-19-12(15)5-8-4-9(18-2)6-11(14(16)17)10(8)7-13/h4,6H,3,5,7H2,1-2H3. The number of ether oxygens (including phenoxy) is 2. The van der Waals surface area contributed by atoms with Gasteiger partial charge in [0.25, 0.3) is 5.69 Å². The zero-order valence-electron chi connectivity index (χ0n) is 10.6. The van der Waals surface area contributed by atoms with E-state index in [9.17, 15) is 14.9 Å². The monoisotopic (exact) mass is 287 g/mol. The first kappa shape index (κ1) is 15.2. The van der Waals surface area contributed by atoms with Crippen molar-refractivity contribution in [2.75, 3.05) is 13.7 Å². The Hall–Kier alpha value is -1.82. The number of esters is 1. The molecule has 0 saturated carbocycles. The quantitative estimate of drug-likeness (QED) is 0.347. The maximum atomic E-state index is 11.5. The van der Waals surface area contributed by atoms with Crippen molar-refractivity contribution in [1.29, 1.82) is 0 Å². The molecule has 0 amide bonds. The van der Waals surface area contributed by atoms with E-state index >= 15 is 0 Å². The topological polar surface area (TPSA) is 78.7 Å². The first-order chi connectivity index (χ1) is 9.03. The van der Waals surface area contributed by atoms with Crippen molar-refractivity contribution in [3.63, 3.8) is 0 Å². The molecule has 0 atom stereocenters. The molecule has 1 rings (SSSR count). The highest BCUT2D eigenvalue weighted by molar-refractivity contribution is 6.17. The van der Waals surface area contributed by atoms with Gasteiger partial charge in [-0.25, -0.2) is 0 Å². The second-order valence-electron chi connectivity index (χ2n) is 3.66. The molecule has 0 heterocycles. The van der Waals surface area contributed by atoms with Gasteiger partial charge < -0.3 is 9.47 Å². The normalized spacial score (nSPS) is 10.1. The summed E-state index contributed by atoms with van der Waals surface area (Å²) in [5, 5.41) is 11.0. The summed E-state index contributed by atoms with van der Waals surface area (Å²) in [5.74, 6) is -0.217. The molecule has 6 nitrogen and oxygen atoms in total. The smallest absolute Gasteiger partial charge is 0.310 e. The number of carbonyl (C=O) groups is 1. The summed E-state index contributed by atoms with van der Waals surface area (Å²) in [5.41, 5.74) is 0.591. The SMILES string of the molecule is CCOC(=O)Cc1cc(OC)cc([N+](=O)[O-])c1CCl.